The van der Waals surface area contributed by atoms with Crippen LogP contribution in [-0.2, 0) is 9.53 Å². The minimum atomic E-state index is -0.583. The van der Waals surface area contributed by atoms with Crippen LogP contribution in [0.15, 0.2) is 42.5 Å². The fourth-order valence-electron chi connectivity index (χ4n) is 1.90. The van der Waals surface area contributed by atoms with Crippen molar-refractivity contribution in [2.75, 3.05) is 30.9 Å². The van der Waals surface area contributed by atoms with Gasteiger partial charge in [-0.25, -0.2) is 4.79 Å². The number of carbonyl (C=O) groups excluding carboxylic acids is 2. The predicted molar refractivity (Wildman–Crippen MR) is 96.1 cm³/mol. The van der Waals surface area contributed by atoms with E-state index in [1.54, 1.807) is 42.5 Å². The highest BCUT2D eigenvalue weighted by molar-refractivity contribution is 6.39. The van der Waals surface area contributed by atoms with Gasteiger partial charge in [0.25, 0.3) is 5.91 Å². The SMILES string of the molecule is CN(C)c1ccc(C(=O)OCC(=O)Nc2c(Cl)cccc2Cl)cc1. The van der Waals surface area contributed by atoms with Crippen molar-refractivity contribution in [3.05, 3.63) is 58.1 Å². The van der Waals surface area contributed by atoms with Crippen LogP contribution in [0, 0.1) is 0 Å². The molecule has 0 radical (unpaired) electrons. The number of ether oxygens (including phenoxy) is 1. The molecule has 0 aromatic heterocycles. The molecule has 0 saturated heterocycles. The summed E-state index contributed by atoms with van der Waals surface area (Å²) in [6, 6.07) is 11.7. The zero-order valence-corrected chi connectivity index (χ0v) is 14.7. The molecular formula is C17H16Cl2N2O3. The van der Waals surface area contributed by atoms with Gasteiger partial charge >= 0.3 is 5.97 Å². The summed E-state index contributed by atoms with van der Waals surface area (Å²) in [6.45, 7) is -0.435. The topological polar surface area (TPSA) is 58.6 Å². The average molecular weight is 367 g/mol. The number of esters is 1. The van der Waals surface area contributed by atoms with Crippen molar-refractivity contribution >= 4 is 46.5 Å². The van der Waals surface area contributed by atoms with Crippen LogP contribution in [0.1, 0.15) is 10.4 Å². The molecule has 126 valence electrons. The summed E-state index contributed by atoms with van der Waals surface area (Å²) in [5, 5.41) is 3.14. The maximum atomic E-state index is 11.9. The van der Waals surface area contributed by atoms with Gasteiger partial charge in [-0.05, 0) is 36.4 Å². The number of halogens is 2. The summed E-state index contributed by atoms with van der Waals surface area (Å²) < 4.78 is 4.99. The largest absolute Gasteiger partial charge is 0.452 e. The van der Waals surface area contributed by atoms with Crippen molar-refractivity contribution < 1.29 is 14.3 Å². The third-order valence-corrected chi connectivity index (χ3v) is 3.81. The number of hydrogen-bond donors (Lipinski definition) is 1. The molecule has 24 heavy (non-hydrogen) atoms. The van der Waals surface area contributed by atoms with Crippen molar-refractivity contribution in [3.63, 3.8) is 0 Å². The molecule has 0 spiro atoms. The summed E-state index contributed by atoms with van der Waals surface area (Å²) in [4.78, 5) is 25.7. The smallest absolute Gasteiger partial charge is 0.338 e. The first-order valence-electron chi connectivity index (χ1n) is 7.07. The van der Waals surface area contributed by atoms with E-state index in [0.717, 1.165) is 5.69 Å². The number of nitrogens with one attached hydrogen (secondary N) is 1. The number of rotatable bonds is 5. The molecule has 0 heterocycles. The third-order valence-electron chi connectivity index (χ3n) is 3.18. The van der Waals surface area contributed by atoms with Gasteiger partial charge in [0.1, 0.15) is 0 Å². The first-order chi connectivity index (χ1) is 11.4. The lowest BCUT2D eigenvalue weighted by molar-refractivity contribution is -0.119. The maximum Gasteiger partial charge on any atom is 0.338 e. The number of carbonyl (C=O) groups is 2. The van der Waals surface area contributed by atoms with Gasteiger partial charge in [0.2, 0.25) is 0 Å². The lowest BCUT2D eigenvalue weighted by atomic mass is 10.2. The van der Waals surface area contributed by atoms with Crippen molar-refractivity contribution in [3.8, 4) is 0 Å². The molecule has 0 aliphatic rings. The number of nitrogens with zero attached hydrogens (tertiary/aromatic N) is 1. The Morgan fingerprint density at radius 1 is 1.04 bits per heavy atom. The van der Waals surface area contributed by atoms with E-state index >= 15 is 0 Å². The minimum absolute atomic E-state index is 0.289. The first-order valence-corrected chi connectivity index (χ1v) is 7.82. The molecular weight excluding hydrogens is 351 g/mol. The minimum Gasteiger partial charge on any atom is -0.452 e. The fourth-order valence-corrected chi connectivity index (χ4v) is 2.39. The molecule has 1 amide bonds. The van der Waals surface area contributed by atoms with Crippen LogP contribution in [0.2, 0.25) is 10.0 Å². The Kier molecular flexibility index (Phi) is 6.06. The lowest BCUT2D eigenvalue weighted by Crippen LogP contribution is -2.21. The zero-order valence-electron chi connectivity index (χ0n) is 13.2. The van der Waals surface area contributed by atoms with Crippen molar-refractivity contribution in [1.82, 2.24) is 0 Å². The molecule has 0 bridgehead atoms. The molecule has 1 N–H and O–H groups in total. The standard InChI is InChI=1S/C17H16Cl2N2O3/c1-21(2)12-8-6-11(7-9-12)17(23)24-10-15(22)20-16-13(18)4-3-5-14(16)19/h3-9H,10H2,1-2H3,(H,20,22). The summed E-state index contributed by atoms with van der Waals surface area (Å²) >= 11 is 11.9. The molecule has 0 unspecified atom stereocenters. The van der Waals surface area contributed by atoms with Gasteiger partial charge in [0.15, 0.2) is 6.61 Å². The van der Waals surface area contributed by atoms with Crippen LogP contribution in [0.3, 0.4) is 0 Å². The first kappa shape index (κ1) is 18.1. The highest BCUT2D eigenvalue weighted by atomic mass is 35.5. The summed E-state index contributed by atoms with van der Waals surface area (Å²) in [5.74, 6) is -1.11. The van der Waals surface area contributed by atoms with E-state index in [4.69, 9.17) is 27.9 Å². The van der Waals surface area contributed by atoms with Gasteiger partial charge in [0.05, 0.1) is 21.3 Å². The third kappa shape index (κ3) is 4.63. The molecule has 0 aliphatic heterocycles. The van der Waals surface area contributed by atoms with Gasteiger partial charge in [0, 0.05) is 19.8 Å². The Morgan fingerprint density at radius 3 is 2.17 bits per heavy atom. The molecule has 0 aliphatic carbocycles. The Morgan fingerprint density at radius 2 is 1.62 bits per heavy atom. The summed E-state index contributed by atoms with van der Waals surface area (Å²) in [7, 11) is 3.80. The number of para-hydroxylation sites is 1. The van der Waals surface area contributed by atoms with E-state index in [-0.39, 0.29) is 5.69 Å². The highest BCUT2D eigenvalue weighted by Gasteiger charge is 2.13. The van der Waals surface area contributed by atoms with Gasteiger partial charge < -0.3 is 15.0 Å². The molecule has 0 atom stereocenters. The van der Waals surface area contributed by atoms with E-state index in [9.17, 15) is 9.59 Å². The Bertz CT molecular complexity index is 726. The van der Waals surface area contributed by atoms with E-state index in [2.05, 4.69) is 5.32 Å². The van der Waals surface area contributed by atoms with Crippen molar-refractivity contribution in [1.29, 1.82) is 0 Å². The second-order valence-corrected chi connectivity index (χ2v) is 5.98. The molecule has 7 heteroatoms. The van der Waals surface area contributed by atoms with Gasteiger partial charge in [-0.2, -0.15) is 0 Å². The van der Waals surface area contributed by atoms with Crippen LogP contribution in [0.5, 0.6) is 0 Å². The number of anilines is 2. The molecule has 2 rings (SSSR count). The number of amides is 1. The number of benzene rings is 2. The highest BCUT2D eigenvalue weighted by Crippen LogP contribution is 2.29. The molecule has 2 aromatic rings. The van der Waals surface area contributed by atoms with E-state index in [0.29, 0.717) is 15.6 Å². The van der Waals surface area contributed by atoms with Crippen molar-refractivity contribution in [2.24, 2.45) is 0 Å². The fraction of sp³-hybridized carbons (Fsp3) is 0.176. The quantitative estimate of drug-likeness (QED) is 0.816. The predicted octanol–water partition coefficient (Wildman–Crippen LogP) is 3.85. The number of hydrogen-bond acceptors (Lipinski definition) is 4. The van der Waals surface area contributed by atoms with Crippen molar-refractivity contribution in [2.45, 2.75) is 0 Å². The van der Waals surface area contributed by atoms with Gasteiger partial charge in [-0.3, -0.25) is 4.79 Å². The normalized spacial score (nSPS) is 10.2. The average Bonchev–Trinajstić information content (AvgIpc) is 2.56. The van der Waals surface area contributed by atoms with Crippen LogP contribution < -0.4 is 10.2 Å². The van der Waals surface area contributed by atoms with E-state index in [1.807, 2.05) is 19.0 Å². The monoisotopic (exact) mass is 366 g/mol. The Balaban J connectivity index is 1.92. The molecule has 2 aromatic carbocycles. The van der Waals surface area contributed by atoms with Crippen LogP contribution in [0.25, 0.3) is 0 Å². The summed E-state index contributed by atoms with van der Waals surface area (Å²) in [5.41, 5.74) is 1.61. The Labute approximate surface area is 150 Å². The second-order valence-electron chi connectivity index (χ2n) is 5.16. The zero-order chi connectivity index (χ0) is 17.7. The lowest BCUT2D eigenvalue weighted by Gasteiger charge is -2.12. The van der Waals surface area contributed by atoms with Gasteiger partial charge in [-0.1, -0.05) is 29.3 Å². The van der Waals surface area contributed by atoms with Crippen LogP contribution >= 0.6 is 23.2 Å². The molecule has 5 nitrogen and oxygen atoms in total. The molecule has 0 saturated carbocycles. The van der Waals surface area contributed by atoms with Crippen LogP contribution in [0.4, 0.5) is 11.4 Å². The van der Waals surface area contributed by atoms with Crippen LogP contribution in [-0.4, -0.2) is 32.6 Å². The van der Waals surface area contributed by atoms with Gasteiger partial charge in [-0.15, -0.1) is 0 Å². The second kappa shape index (κ2) is 8.04. The molecule has 0 fully saturated rings. The van der Waals surface area contributed by atoms with E-state index in [1.165, 1.54) is 0 Å². The summed E-state index contributed by atoms with van der Waals surface area (Å²) in [6.07, 6.45) is 0. The maximum absolute atomic E-state index is 11.9. The Hall–Kier alpha value is -2.24. The van der Waals surface area contributed by atoms with E-state index < -0.39 is 18.5 Å².